The Hall–Kier alpha value is -3.81. The molecule has 26 heavy (non-hydrogen) atoms. The molecule has 2 aromatic carbocycles. The molecule has 0 spiro atoms. The molecule has 0 N–H and O–H groups in total. The largest absolute Gasteiger partial charge is 0.366 e. The summed E-state index contributed by atoms with van der Waals surface area (Å²) in [6, 6.07) is 9.63. The lowest BCUT2D eigenvalue weighted by Crippen LogP contribution is -2.33. The first-order chi connectivity index (χ1) is 12.6. The zero-order valence-corrected chi connectivity index (χ0v) is 13.1. The van der Waals surface area contributed by atoms with Gasteiger partial charge in [0.15, 0.2) is 0 Å². The Labute approximate surface area is 146 Å². The summed E-state index contributed by atoms with van der Waals surface area (Å²) in [6.07, 6.45) is 4.47. The lowest BCUT2D eigenvalue weighted by atomic mass is 10.1. The number of hydrogen-bond acceptors (Lipinski definition) is 5. The molecule has 0 saturated carbocycles. The van der Waals surface area contributed by atoms with E-state index in [9.17, 15) is 18.8 Å². The van der Waals surface area contributed by atoms with Gasteiger partial charge in [0.05, 0.1) is 28.7 Å². The molecule has 1 aliphatic rings. The van der Waals surface area contributed by atoms with Crippen LogP contribution in [0.1, 0.15) is 31.1 Å². The number of hydrogen-bond donors (Lipinski definition) is 0. The third-order valence-corrected chi connectivity index (χ3v) is 3.89. The summed E-state index contributed by atoms with van der Waals surface area (Å²) in [6.45, 7) is 0. The summed E-state index contributed by atoms with van der Waals surface area (Å²) in [5.41, 5.74) is 0.420. The van der Waals surface area contributed by atoms with Crippen molar-refractivity contribution in [2.45, 2.75) is 0 Å². The van der Waals surface area contributed by atoms with Crippen molar-refractivity contribution in [3.63, 3.8) is 0 Å². The molecule has 0 unspecified atom stereocenters. The molecule has 0 saturated heterocycles. The summed E-state index contributed by atoms with van der Waals surface area (Å²) in [5.74, 6) is -3.20. The maximum Gasteiger partial charge on any atom is 0.366 e. The molecule has 0 aliphatic carbocycles. The van der Waals surface area contributed by atoms with Crippen molar-refractivity contribution in [3.8, 4) is 5.69 Å². The molecule has 0 bridgehead atoms. The number of imidazole rings is 1. The molecule has 3 aromatic rings. The second-order valence-corrected chi connectivity index (χ2v) is 5.46. The lowest BCUT2D eigenvalue weighted by molar-refractivity contribution is -0.0584. The van der Waals surface area contributed by atoms with Crippen molar-refractivity contribution >= 4 is 17.8 Å². The predicted molar refractivity (Wildman–Crippen MR) is 85.9 cm³/mol. The molecule has 2 amide bonds. The van der Waals surface area contributed by atoms with Crippen molar-refractivity contribution in [2.75, 3.05) is 0 Å². The van der Waals surface area contributed by atoms with E-state index in [-0.39, 0.29) is 16.7 Å². The third-order valence-electron chi connectivity index (χ3n) is 3.89. The smallest absolute Gasteiger partial charge is 0.324 e. The van der Waals surface area contributed by atoms with Gasteiger partial charge in [-0.05, 0) is 30.3 Å². The highest BCUT2D eigenvalue weighted by atomic mass is 19.1. The predicted octanol–water partition coefficient (Wildman–Crippen LogP) is 2.38. The Morgan fingerprint density at radius 1 is 1.04 bits per heavy atom. The van der Waals surface area contributed by atoms with Gasteiger partial charge in [-0.1, -0.05) is 17.2 Å². The van der Waals surface area contributed by atoms with Gasteiger partial charge < -0.3 is 9.40 Å². The summed E-state index contributed by atoms with van der Waals surface area (Å²) >= 11 is 0. The SMILES string of the molecule is O=C(ON1C(=O)c2ccccc2C1=O)c1cc(F)ccc1-n1ccnc1. The number of hydroxylamine groups is 2. The van der Waals surface area contributed by atoms with Gasteiger partial charge in [0, 0.05) is 12.4 Å². The normalized spacial score (nSPS) is 13.0. The summed E-state index contributed by atoms with van der Waals surface area (Å²) in [5, 5.41) is 0.385. The van der Waals surface area contributed by atoms with Crippen molar-refractivity contribution in [2.24, 2.45) is 0 Å². The number of amides is 2. The van der Waals surface area contributed by atoms with E-state index in [4.69, 9.17) is 4.84 Å². The molecule has 128 valence electrons. The minimum absolute atomic E-state index is 0.138. The number of fused-ring (bicyclic) bond motifs is 1. The summed E-state index contributed by atoms with van der Waals surface area (Å²) < 4.78 is 15.1. The Balaban J connectivity index is 1.67. The molecule has 0 fully saturated rings. The van der Waals surface area contributed by atoms with Gasteiger partial charge in [0.1, 0.15) is 5.82 Å². The molecular formula is C18H10FN3O4. The second-order valence-electron chi connectivity index (χ2n) is 5.46. The number of imide groups is 1. The number of halogens is 1. The Morgan fingerprint density at radius 3 is 2.35 bits per heavy atom. The molecule has 7 nitrogen and oxygen atoms in total. The highest BCUT2D eigenvalue weighted by Gasteiger charge is 2.39. The van der Waals surface area contributed by atoms with E-state index in [0.717, 1.165) is 6.07 Å². The maximum absolute atomic E-state index is 13.7. The lowest BCUT2D eigenvalue weighted by Gasteiger charge is -2.15. The number of rotatable bonds is 3. The molecule has 1 aliphatic heterocycles. The number of nitrogens with zero attached hydrogens (tertiary/aromatic N) is 3. The summed E-state index contributed by atoms with van der Waals surface area (Å²) in [7, 11) is 0. The van der Waals surface area contributed by atoms with Gasteiger partial charge in [0.25, 0.3) is 11.8 Å². The van der Waals surface area contributed by atoms with Crippen LogP contribution in [0.15, 0.2) is 61.2 Å². The van der Waals surface area contributed by atoms with E-state index in [2.05, 4.69) is 4.98 Å². The molecule has 2 heterocycles. The standard InChI is InChI=1S/C18H10FN3O4/c19-11-5-6-15(21-8-7-20-10-21)14(9-11)18(25)26-22-16(23)12-3-1-2-4-13(12)17(22)24/h1-10H. The monoisotopic (exact) mass is 351 g/mol. The Kier molecular flexibility index (Phi) is 3.58. The fraction of sp³-hybridized carbons (Fsp3) is 0. The van der Waals surface area contributed by atoms with Crippen LogP contribution in [0.4, 0.5) is 4.39 Å². The van der Waals surface area contributed by atoms with Gasteiger partial charge in [-0.2, -0.15) is 0 Å². The first-order valence-corrected chi connectivity index (χ1v) is 7.54. The van der Waals surface area contributed by atoms with Crippen LogP contribution >= 0.6 is 0 Å². The average Bonchev–Trinajstić information content (AvgIpc) is 3.26. The fourth-order valence-corrected chi connectivity index (χ4v) is 2.68. The van der Waals surface area contributed by atoms with Crippen molar-refractivity contribution < 1.29 is 23.6 Å². The molecule has 4 rings (SSSR count). The zero-order chi connectivity index (χ0) is 18.3. The van der Waals surface area contributed by atoms with Gasteiger partial charge >= 0.3 is 5.97 Å². The van der Waals surface area contributed by atoms with Crippen LogP contribution < -0.4 is 0 Å². The third kappa shape index (κ3) is 2.44. The average molecular weight is 351 g/mol. The molecule has 1 aromatic heterocycles. The van der Waals surface area contributed by atoms with E-state index in [1.54, 1.807) is 18.3 Å². The van der Waals surface area contributed by atoms with Crippen LogP contribution in [0.25, 0.3) is 5.69 Å². The van der Waals surface area contributed by atoms with Gasteiger partial charge in [-0.25, -0.2) is 14.2 Å². The fourth-order valence-electron chi connectivity index (χ4n) is 2.68. The highest BCUT2D eigenvalue weighted by molar-refractivity contribution is 6.21. The first-order valence-electron chi connectivity index (χ1n) is 7.54. The van der Waals surface area contributed by atoms with E-state index in [1.165, 1.54) is 41.4 Å². The zero-order valence-electron chi connectivity index (χ0n) is 13.1. The van der Waals surface area contributed by atoms with E-state index in [1.807, 2.05) is 0 Å². The Bertz CT molecular complexity index is 1010. The van der Waals surface area contributed by atoms with Crippen LogP contribution in [0.3, 0.4) is 0 Å². The van der Waals surface area contributed by atoms with Crippen LogP contribution in [0.2, 0.25) is 0 Å². The topological polar surface area (TPSA) is 81.5 Å². The number of carbonyl (C=O) groups is 3. The minimum Gasteiger partial charge on any atom is -0.324 e. The molecule has 0 radical (unpaired) electrons. The maximum atomic E-state index is 13.7. The minimum atomic E-state index is -1.04. The van der Waals surface area contributed by atoms with Crippen LogP contribution in [0.5, 0.6) is 0 Å². The number of benzene rings is 2. The van der Waals surface area contributed by atoms with Crippen LogP contribution in [0, 0.1) is 5.82 Å². The number of aromatic nitrogens is 2. The van der Waals surface area contributed by atoms with Gasteiger partial charge in [-0.15, -0.1) is 0 Å². The molecule has 0 atom stereocenters. The van der Waals surface area contributed by atoms with E-state index in [0.29, 0.717) is 10.8 Å². The van der Waals surface area contributed by atoms with Crippen LogP contribution in [-0.2, 0) is 4.84 Å². The summed E-state index contributed by atoms with van der Waals surface area (Å²) in [4.78, 5) is 46.0. The quantitative estimate of drug-likeness (QED) is 0.677. The van der Waals surface area contributed by atoms with Gasteiger partial charge in [0.2, 0.25) is 0 Å². The van der Waals surface area contributed by atoms with E-state index >= 15 is 0 Å². The highest BCUT2D eigenvalue weighted by Crippen LogP contribution is 2.24. The van der Waals surface area contributed by atoms with Gasteiger partial charge in [-0.3, -0.25) is 9.59 Å². The molecule has 8 heteroatoms. The van der Waals surface area contributed by atoms with Crippen molar-refractivity contribution in [3.05, 3.63) is 83.7 Å². The Morgan fingerprint density at radius 2 is 1.73 bits per heavy atom. The van der Waals surface area contributed by atoms with Crippen LogP contribution in [-0.4, -0.2) is 32.4 Å². The second kappa shape index (κ2) is 5.92. The van der Waals surface area contributed by atoms with E-state index < -0.39 is 23.6 Å². The first kappa shape index (κ1) is 15.7. The van der Waals surface area contributed by atoms with Crippen molar-refractivity contribution in [1.82, 2.24) is 14.6 Å². The number of carbonyl (C=O) groups excluding carboxylic acids is 3. The molecular weight excluding hydrogens is 341 g/mol. The van der Waals surface area contributed by atoms with Crippen molar-refractivity contribution in [1.29, 1.82) is 0 Å².